The van der Waals surface area contributed by atoms with Crippen molar-refractivity contribution in [3.63, 3.8) is 0 Å². The maximum Gasteiger partial charge on any atom is 0.341 e. The first-order chi connectivity index (χ1) is 12.9. The van der Waals surface area contributed by atoms with E-state index in [0.29, 0.717) is 29.7 Å². The zero-order chi connectivity index (χ0) is 19.3. The van der Waals surface area contributed by atoms with Crippen LogP contribution >= 0.6 is 0 Å². The summed E-state index contributed by atoms with van der Waals surface area (Å²) in [5.74, 6) is -1.76. The molecule has 1 aromatic heterocycles. The molecule has 2 unspecified atom stereocenters. The summed E-state index contributed by atoms with van der Waals surface area (Å²) in [5, 5.41) is 9.27. The van der Waals surface area contributed by atoms with Crippen LogP contribution in [0.15, 0.2) is 17.1 Å². The van der Waals surface area contributed by atoms with Crippen LogP contribution in [0.1, 0.15) is 42.1 Å². The third-order valence-electron chi connectivity index (χ3n) is 6.25. The molecule has 0 amide bonds. The van der Waals surface area contributed by atoms with Gasteiger partial charge in [-0.2, -0.15) is 0 Å². The van der Waals surface area contributed by atoms with Crippen LogP contribution in [0.4, 0.5) is 10.1 Å². The normalized spacial score (nSPS) is 23.0. The number of likely N-dealkylation sites (N-methyl/N-ethyl adjacent to an activating group) is 1. The fraction of sp³-hybridized carbons (Fsp3) is 0.500. The number of hydrogen-bond acceptors (Lipinski definition) is 4. The highest BCUT2D eigenvalue weighted by molar-refractivity contribution is 5.94. The highest BCUT2D eigenvalue weighted by atomic mass is 19.1. The van der Waals surface area contributed by atoms with Crippen molar-refractivity contribution >= 4 is 22.6 Å². The molecule has 2 bridgehead atoms. The number of fused-ring (bicyclic) bond motifs is 3. The number of H-pyrrole nitrogens is 1. The van der Waals surface area contributed by atoms with Gasteiger partial charge in [-0.3, -0.25) is 9.69 Å². The molecule has 27 heavy (non-hydrogen) atoms. The first kappa shape index (κ1) is 18.0. The zero-order valence-electron chi connectivity index (χ0n) is 15.6. The van der Waals surface area contributed by atoms with E-state index >= 15 is 4.39 Å². The lowest BCUT2D eigenvalue weighted by Gasteiger charge is -2.30. The summed E-state index contributed by atoms with van der Waals surface area (Å²) in [7, 11) is 2.15. The molecule has 0 aliphatic carbocycles. The van der Waals surface area contributed by atoms with Crippen LogP contribution < -0.4 is 10.3 Å². The number of halogens is 1. The molecule has 2 fully saturated rings. The molecule has 2 saturated heterocycles. The molecule has 2 aliphatic rings. The molecule has 7 heteroatoms. The molecule has 0 saturated carbocycles. The molecule has 2 atom stereocenters. The summed E-state index contributed by atoms with van der Waals surface area (Å²) in [6, 6.07) is 2.15. The number of aromatic carboxylic acids is 1. The highest BCUT2D eigenvalue weighted by Gasteiger charge is 2.36. The van der Waals surface area contributed by atoms with Gasteiger partial charge in [-0.05, 0) is 38.8 Å². The van der Waals surface area contributed by atoms with Gasteiger partial charge in [0.1, 0.15) is 11.4 Å². The van der Waals surface area contributed by atoms with E-state index < -0.39 is 17.2 Å². The number of pyridine rings is 1. The number of aromatic nitrogens is 1. The number of carboxylic acids is 1. The van der Waals surface area contributed by atoms with Gasteiger partial charge in [-0.1, -0.05) is 6.92 Å². The Morgan fingerprint density at radius 1 is 1.33 bits per heavy atom. The van der Waals surface area contributed by atoms with Gasteiger partial charge in [0.05, 0.1) is 11.2 Å². The van der Waals surface area contributed by atoms with Crippen molar-refractivity contribution < 1.29 is 14.3 Å². The molecule has 2 aliphatic heterocycles. The monoisotopic (exact) mass is 373 g/mol. The highest BCUT2D eigenvalue weighted by Crippen LogP contribution is 2.35. The number of nitrogens with zero attached hydrogens (tertiary/aromatic N) is 2. The van der Waals surface area contributed by atoms with Gasteiger partial charge in [0.2, 0.25) is 5.43 Å². The Hall–Kier alpha value is -2.41. The van der Waals surface area contributed by atoms with Crippen LogP contribution in [0.5, 0.6) is 0 Å². The first-order valence-corrected chi connectivity index (χ1v) is 9.49. The molecule has 1 aromatic carbocycles. The molecule has 3 heterocycles. The van der Waals surface area contributed by atoms with Crippen LogP contribution in [-0.4, -0.2) is 53.2 Å². The van der Waals surface area contributed by atoms with Crippen LogP contribution in [0.2, 0.25) is 0 Å². The minimum absolute atomic E-state index is 0.0986. The molecule has 0 radical (unpaired) electrons. The number of nitrogens with one attached hydrogen (secondary N) is 1. The van der Waals surface area contributed by atoms with Crippen LogP contribution in [0.25, 0.3) is 10.9 Å². The Kier molecular flexibility index (Phi) is 4.42. The number of rotatable bonds is 3. The van der Waals surface area contributed by atoms with Gasteiger partial charge in [-0.25, -0.2) is 9.18 Å². The molecular weight excluding hydrogens is 349 g/mol. The topological polar surface area (TPSA) is 76.6 Å². The Labute approximate surface area is 156 Å². The third-order valence-corrected chi connectivity index (χ3v) is 6.25. The summed E-state index contributed by atoms with van der Waals surface area (Å²) in [5.41, 5.74) is 0.798. The fourth-order valence-electron chi connectivity index (χ4n) is 4.75. The molecule has 0 spiro atoms. The maximum absolute atomic E-state index is 15.2. The van der Waals surface area contributed by atoms with Gasteiger partial charge >= 0.3 is 5.97 Å². The SMILES string of the molecule is CCc1c(N2CCC3CCC(C2)N3C)c(F)cc2c(=O)c(C(=O)O)c[nH]c12. The van der Waals surface area contributed by atoms with Crippen molar-refractivity contribution in [2.45, 2.75) is 44.7 Å². The van der Waals surface area contributed by atoms with Crippen molar-refractivity contribution in [3.05, 3.63) is 39.4 Å². The minimum atomic E-state index is -1.31. The van der Waals surface area contributed by atoms with Crippen molar-refractivity contribution in [3.8, 4) is 0 Å². The van der Waals surface area contributed by atoms with Gasteiger partial charge in [-0.15, -0.1) is 0 Å². The number of anilines is 1. The standard InChI is InChI=1S/C20H24FN3O3/c1-3-13-17-14(19(25)15(9-22-17)20(26)27)8-16(21)18(13)24-7-6-11-4-5-12(10-24)23(11)2/h8-9,11-12H,3-7,10H2,1-2H3,(H,22,25)(H,26,27). The zero-order valence-corrected chi connectivity index (χ0v) is 15.6. The minimum Gasteiger partial charge on any atom is -0.477 e. The van der Waals surface area contributed by atoms with Crippen LogP contribution in [0, 0.1) is 5.82 Å². The average Bonchev–Trinajstić information content (AvgIpc) is 2.87. The van der Waals surface area contributed by atoms with E-state index in [-0.39, 0.29) is 10.9 Å². The lowest BCUT2D eigenvalue weighted by molar-refractivity contribution is 0.0695. The number of aromatic amines is 1. The smallest absolute Gasteiger partial charge is 0.341 e. The summed E-state index contributed by atoms with van der Waals surface area (Å²) in [6.45, 7) is 3.47. The molecule has 144 valence electrons. The largest absolute Gasteiger partial charge is 0.477 e. The maximum atomic E-state index is 15.2. The number of carboxylic acid groups (broad SMARTS) is 1. The Balaban J connectivity index is 1.86. The number of hydrogen-bond donors (Lipinski definition) is 2. The van der Waals surface area contributed by atoms with E-state index in [1.54, 1.807) is 0 Å². The summed E-state index contributed by atoms with van der Waals surface area (Å²) >= 11 is 0. The molecule has 2 N–H and O–H groups in total. The van der Waals surface area contributed by atoms with Crippen molar-refractivity contribution in [1.82, 2.24) is 9.88 Å². The summed E-state index contributed by atoms with van der Waals surface area (Å²) < 4.78 is 15.2. The van der Waals surface area contributed by atoms with E-state index in [4.69, 9.17) is 5.11 Å². The third kappa shape index (κ3) is 2.81. The van der Waals surface area contributed by atoms with Crippen molar-refractivity contribution in [2.24, 2.45) is 0 Å². The average molecular weight is 373 g/mol. The number of carbonyl (C=O) groups is 1. The second-order valence-corrected chi connectivity index (χ2v) is 7.58. The van der Waals surface area contributed by atoms with E-state index in [1.165, 1.54) is 18.7 Å². The van der Waals surface area contributed by atoms with E-state index in [1.807, 2.05) is 6.92 Å². The van der Waals surface area contributed by atoms with Crippen LogP contribution in [-0.2, 0) is 6.42 Å². The fourth-order valence-corrected chi connectivity index (χ4v) is 4.75. The van der Waals surface area contributed by atoms with Crippen molar-refractivity contribution in [2.75, 3.05) is 25.0 Å². The van der Waals surface area contributed by atoms with E-state index in [0.717, 1.165) is 31.5 Å². The molecule has 6 nitrogen and oxygen atoms in total. The predicted molar refractivity (Wildman–Crippen MR) is 102 cm³/mol. The lowest BCUT2D eigenvalue weighted by atomic mass is 10.0. The lowest BCUT2D eigenvalue weighted by Crippen LogP contribution is -2.37. The number of aryl methyl sites for hydroxylation is 1. The number of benzene rings is 1. The summed E-state index contributed by atoms with van der Waals surface area (Å²) in [6.07, 6.45) is 5.06. The van der Waals surface area contributed by atoms with Gasteiger partial charge in [0.25, 0.3) is 0 Å². The molecule has 4 rings (SSSR count). The Bertz CT molecular complexity index is 971. The van der Waals surface area contributed by atoms with Crippen molar-refractivity contribution in [1.29, 1.82) is 0 Å². The van der Waals surface area contributed by atoms with E-state index in [2.05, 4.69) is 21.8 Å². The summed E-state index contributed by atoms with van der Waals surface area (Å²) in [4.78, 5) is 31.2. The second kappa shape index (κ2) is 6.64. The first-order valence-electron chi connectivity index (χ1n) is 9.49. The van der Waals surface area contributed by atoms with Crippen LogP contribution in [0.3, 0.4) is 0 Å². The Morgan fingerprint density at radius 2 is 2.07 bits per heavy atom. The second-order valence-electron chi connectivity index (χ2n) is 7.58. The van der Waals surface area contributed by atoms with Gasteiger partial charge < -0.3 is 15.0 Å². The Morgan fingerprint density at radius 3 is 2.78 bits per heavy atom. The van der Waals surface area contributed by atoms with Gasteiger partial charge in [0.15, 0.2) is 0 Å². The molecule has 2 aromatic rings. The molecular formula is C20H24FN3O3. The quantitative estimate of drug-likeness (QED) is 0.865. The van der Waals surface area contributed by atoms with Gasteiger partial charge in [0, 0.05) is 42.3 Å². The van der Waals surface area contributed by atoms with E-state index in [9.17, 15) is 9.59 Å². The predicted octanol–water partition coefficient (Wildman–Crippen LogP) is 2.60.